The number of aromatic nitrogens is 4. The fourth-order valence-electron chi connectivity index (χ4n) is 3.53. The summed E-state index contributed by atoms with van der Waals surface area (Å²) in [6.07, 6.45) is 9.37. The quantitative estimate of drug-likeness (QED) is 0.917. The fourth-order valence-corrected chi connectivity index (χ4v) is 3.53. The molecule has 24 heavy (non-hydrogen) atoms. The van der Waals surface area contributed by atoms with Crippen LogP contribution in [0.2, 0.25) is 0 Å². The van der Waals surface area contributed by atoms with E-state index in [1.165, 1.54) is 12.8 Å². The molecule has 1 aliphatic carbocycles. The van der Waals surface area contributed by atoms with E-state index in [0.717, 1.165) is 37.4 Å². The average molecular weight is 326 g/mol. The lowest BCUT2D eigenvalue weighted by Gasteiger charge is -2.39. The second-order valence-electron chi connectivity index (χ2n) is 6.62. The highest BCUT2D eigenvalue weighted by molar-refractivity contribution is 5.44. The summed E-state index contributed by atoms with van der Waals surface area (Å²) in [5.74, 6) is 1.57. The Morgan fingerprint density at radius 2 is 1.88 bits per heavy atom. The molecule has 4 rings (SSSR count). The molecule has 0 aromatic carbocycles. The number of rotatable bonds is 4. The van der Waals surface area contributed by atoms with Gasteiger partial charge < -0.3 is 14.8 Å². The Kier molecular flexibility index (Phi) is 3.92. The van der Waals surface area contributed by atoms with Crippen LogP contribution in [0.5, 0.6) is 0 Å². The van der Waals surface area contributed by atoms with Gasteiger partial charge in [-0.1, -0.05) is 0 Å². The molecule has 3 heterocycles. The predicted octanol–water partition coefficient (Wildman–Crippen LogP) is 1.51. The average Bonchev–Trinajstić information content (AvgIpc) is 3.41. The summed E-state index contributed by atoms with van der Waals surface area (Å²) in [6.45, 7) is 3.70. The van der Waals surface area contributed by atoms with Gasteiger partial charge in [0.05, 0.1) is 0 Å². The molecule has 2 fully saturated rings. The summed E-state index contributed by atoms with van der Waals surface area (Å²) < 4.78 is 0. The molecule has 7 heteroatoms. The van der Waals surface area contributed by atoms with Gasteiger partial charge in [-0.15, -0.1) is 0 Å². The maximum atomic E-state index is 11.9. The lowest BCUT2D eigenvalue weighted by molar-refractivity contribution is 0.456. The fraction of sp³-hybridized carbons (Fsp3) is 0.529. The Bertz CT molecular complexity index is 763. The zero-order valence-corrected chi connectivity index (χ0v) is 13.9. The first-order valence-corrected chi connectivity index (χ1v) is 8.58. The van der Waals surface area contributed by atoms with Crippen molar-refractivity contribution in [1.29, 1.82) is 0 Å². The SMILES string of the molecule is Cc1cc(N(C2CC2)C2CCN(c3ncc[nH]c3=O)CC2)ncn1. The van der Waals surface area contributed by atoms with Crippen LogP contribution < -0.4 is 15.4 Å². The molecule has 0 atom stereocenters. The molecule has 0 bridgehead atoms. The summed E-state index contributed by atoms with van der Waals surface area (Å²) in [4.78, 5) is 32.2. The van der Waals surface area contributed by atoms with Crippen LogP contribution in [0, 0.1) is 6.92 Å². The van der Waals surface area contributed by atoms with E-state index >= 15 is 0 Å². The number of aromatic amines is 1. The highest BCUT2D eigenvalue weighted by Crippen LogP contribution is 2.35. The molecule has 1 saturated heterocycles. The van der Waals surface area contributed by atoms with E-state index in [9.17, 15) is 4.79 Å². The van der Waals surface area contributed by atoms with Gasteiger partial charge in [0.2, 0.25) is 0 Å². The van der Waals surface area contributed by atoms with E-state index in [1.54, 1.807) is 18.7 Å². The lowest BCUT2D eigenvalue weighted by atomic mass is 10.0. The summed E-state index contributed by atoms with van der Waals surface area (Å²) in [5, 5.41) is 0. The number of nitrogens with one attached hydrogen (secondary N) is 1. The molecule has 0 unspecified atom stereocenters. The first-order chi connectivity index (χ1) is 11.7. The zero-order chi connectivity index (χ0) is 16.5. The minimum absolute atomic E-state index is 0.110. The van der Waals surface area contributed by atoms with Crippen molar-refractivity contribution >= 4 is 11.6 Å². The van der Waals surface area contributed by atoms with Crippen molar-refractivity contribution in [3.05, 3.63) is 40.8 Å². The third-order valence-electron chi connectivity index (χ3n) is 4.84. The lowest BCUT2D eigenvalue weighted by Crippen LogP contribution is -2.47. The third kappa shape index (κ3) is 2.98. The molecule has 2 aromatic heterocycles. The molecule has 0 amide bonds. The molecule has 7 nitrogen and oxygen atoms in total. The molecule has 126 valence electrons. The van der Waals surface area contributed by atoms with Crippen LogP contribution in [-0.4, -0.2) is 45.1 Å². The van der Waals surface area contributed by atoms with Crippen molar-refractivity contribution in [3.63, 3.8) is 0 Å². The number of hydrogen-bond acceptors (Lipinski definition) is 6. The molecule has 0 radical (unpaired) electrons. The van der Waals surface area contributed by atoms with Gasteiger partial charge >= 0.3 is 0 Å². The Labute approximate surface area is 140 Å². The second-order valence-corrected chi connectivity index (χ2v) is 6.62. The molecular weight excluding hydrogens is 304 g/mol. The Balaban J connectivity index is 1.50. The summed E-state index contributed by atoms with van der Waals surface area (Å²) in [7, 11) is 0. The van der Waals surface area contributed by atoms with Crippen molar-refractivity contribution in [3.8, 4) is 0 Å². The van der Waals surface area contributed by atoms with Gasteiger partial charge in [-0.2, -0.15) is 0 Å². The largest absolute Gasteiger partial charge is 0.352 e. The zero-order valence-electron chi connectivity index (χ0n) is 13.9. The Hall–Kier alpha value is -2.44. The summed E-state index contributed by atoms with van der Waals surface area (Å²) in [6, 6.07) is 3.15. The van der Waals surface area contributed by atoms with Gasteiger partial charge in [-0.25, -0.2) is 15.0 Å². The maximum absolute atomic E-state index is 11.9. The van der Waals surface area contributed by atoms with Crippen LogP contribution in [-0.2, 0) is 0 Å². The van der Waals surface area contributed by atoms with Gasteiger partial charge in [-0.3, -0.25) is 4.79 Å². The van der Waals surface area contributed by atoms with Crippen LogP contribution in [0.4, 0.5) is 11.6 Å². The van der Waals surface area contributed by atoms with Crippen molar-refractivity contribution < 1.29 is 0 Å². The number of anilines is 2. The normalized spacial score (nSPS) is 18.6. The molecule has 2 aliphatic rings. The van der Waals surface area contributed by atoms with Crippen molar-refractivity contribution in [1.82, 2.24) is 19.9 Å². The van der Waals surface area contributed by atoms with Gasteiger partial charge in [-0.05, 0) is 32.6 Å². The molecule has 1 aliphatic heterocycles. The summed E-state index contributed by atoms with van der Waals surface area (Å²) in [5.41, 5.74) is 0.893. The summed E-state index contributed by atoms with van der Waals surface area (Å²) >= 11 is 0. The van der Waals surface area contributed by atoms with E-state index in [0.29, 0.717) is 17.9 Å². The Morgan fingerprint density at radius 1 is 1.12 bits per heavy atom. The molecule has 1 N–H and O–H groups in total. The van der Waals surface area contributed by atoms with E-state index in [4.69, 9.17) is 0 Å². The van der Waals surface area contributed by atoms with Crippen LogP contribution >= 0.6 is 0 Å². The minimum Gasteiger partial charge on any atom is -0.352 e. The van der Waals surface area contributed by atoms with Crippen molar-refractivity contribution in [2.24, 2.45) is 0 Å². The number of nitrogens with zero attached hydrogens (tertiary/aromatic N) is 5. The third-order valence-corrected chi connectivity index (χ3v) is 4.84. The van der Waals surface area contributed by atoms with Crippen molar-refractivity contribution in [2.45, 2.75) is 44.7 Å². The number of hydrogen-bond donors (Lipinski definition) is 1. The van der Waals surface area contributed by atoms with Crippen molar-refractivity contribution in [2.75, 3.05) is 22.9 Å². The second kappa shape index (κ2) is 6.22. The van der Waals surface area contributed by atoms with Gasteiger partial charge in [0, 0.05) is 49.3 Å². The number of piperidine rings is 1. The highest BCUT2D eigenvalue weighted by atomic mass is 16.1. The van der Waals surface area contributed by atoms with Crippen LogP contribution in [0.3, 0.4) is 0 Å². The highest BCUT2D eigenvalue weighted by Gasteiger charge is 2.36. The first-order valence-electron chi connectivity index (χ1n) is 8.58. The molecule has 1 saturated carbocycles. The maximum Gasteiger partial charge on any atom is 0.290 e. The van der Waals surface area contributed by atoms with E-state index in [-0.39, 0.29) is 5.56 Å². The van der Waals surface area contributed by atoms with Crippen LogP contribution in [0.25, 0.3) is 0 Å². The molecule has 2 aromatic rings. The minimum atomic E-state index is -0.110. The van der Waals surface area contributed by atoms with Crippen LogP contribution in [0.15, 0.2) is 29.6 Å². The standard InChI is InChI=1S/C17H22N6O/c1-12-10-15(21-11-20-12)23(13-2-3-13)14-4-8-22(9-5-14)16-17(24)19-7-6-18-16/h6-7,10-11,13-14H,2-5,8-9H2,1H3,(H,19,24). The molecule has 0 spiro atoms. The van der Waals surface area contributed by atoms with Crippen LogP contribution in [0.1, 0.15) is 31.4 Å². The number of H-pyrrole nitrogens is 1. The molecular formula is C17H22N6O. The smallest absolute Gasteiger partial charge is 0.290 e. The van der Waals surface area contributed by atoms with E-state index < -0.39 is 0 Å². The van der Waals surface area contributed by atoms with Gasteiger partial charge in [0.1, 0.15) is 12.1 Å². The Morgan fingerprint density at radius 3 is 2.54 bits per heavy atom. The topological polar surface area (TPSA) is 78.0 Å². The van der Waals surface area contributed by atoms with Gasteiger partial charge in [0.15, 0.2) is 5.82 Å². The monoisotopic (exact) mass is 326 g/mol. The predicted molar refractivity (Wildman–Crippen MR) is 92.4 cm³/mol. The van der Waals surface area contributed by atoms with E-state index in [2.05, 4.69) is 35.8 Å². The van der Waals surface area contributed by atoms with Gasteiger partial charge in [0.25, 0.3) is 5.56 Å². The first kappa shape index (κ1) is 15.1. The number of aryl methyl sites for hydroxylation is 1. The van der Waals surface area contributed by atoms with E-state index in [1.807, 2.05) is 6.92 Å².